The molecule has 1 fully saturated rings. The van der Waals surface area contributed by atoms with Crippen LogP contribution >= 0.6 is 11.6 Å². The first-order valence-corrected chi connectivity index (χ1v) is 6.37. The van der Waals surface area contributed by atoms with Crippen LogP contribution in [0.15, 0.2) is 36.9 Å². The summed E-state index contributed by atoms with van der Waals surface area (Å²) in [4.78, 5) is 4.84. The number of rotatable bonds is 3. The van der Waals surface area contributed by atoms with E-state index in [0.29, 0.717) is 6.04 Å². The average Bonchev–Trinajstić information content (AvgIpc) is 2.33. The summed E-state index contributed by atoms with van der Waals surface area (Å²) in [5.74, 6) is 0. The summed E-state index contributed by atoms with van der Waals surface area (Å²) in [5, 5.41) is 0.799. The van der Waals surface area contributed by atoms with Gasteiger partial charge in [-0.25, -0.2) is 0 Å². The molecule has 1 atom stereocenters. The lowest BCUT2D eigenvalue weighted by Crippen LogP contribution is -2.46. The Labute approximate surface area is 108 Å². The smallest absolute Gasteiger partial charge is 0.0478 e. The van der Waals surface area contributed by atoms with E-state index in [-0.39, 0.29) is 0 Å². The number of hydrogen-bond donors (Lipinski definition) is 0. The van der Waals surface area contributed by atoms with E-state index in [0.717, 1.165) is 31.2 Å². The standard InChI is InChI=1S/C14H19ClN2/c1-3-8-17-10-9-16(2)11-14(17)12-4-6-13(15)7-5-12/h3-7,14H,1,8-11H2,2H3/t14-/m0/s1. The summed E-state index contributed by atoms with van der Waals surface area (Å²) in [6.45, 7) is 8.07. The van der Waals surface area contributed by atoms with Crippen LogP contribution in [-0.2, 0) is 0 Å². The van der Waals surface area contributed by atoms with Crippen LogP contribution in [0.5, 0.6) is 0 Å². The second-order valence-corrected chi connectivity index (χ2v) is 5.05. The molecule has 0 N–H and O–H groups in total. The first-order chi connectivity index (χ1) is 8.20. The average molecular weight is 251 g/mol. The highest BCUT2D eigenvalue weighted by atomic mass is 35.5. The van der Waals surface area contributed by atoms with E-state index >= 15 is 0 Å². The fraction of sp³-hybridized carbons (Fsp3) is 0.429. The van der Waals surface area contributed by atoms with Gasteiger partial charge >= 0.3 is 0 Å². The fourth-order valence-electron chi connectivity index (χ4n) is 2.34. The first-order valence-electron chi connectivity index (χ1n) is 5.99. The van der Waals surface area contributed by atoms with E-state index in [1.165, 1.54) is 5.56 Å². The largest absolute Gasteiger partial charge is 0.303 e. The van der Waals surface area contributed by atoms with E-state index in [1.54, 1.807) is 0 Å². The molecule has 92 valence electrons. The van der Waals surface area contributed by atoms with E-state index < -0.39 is 0 Å². The number of benzene rings is 1. The van der Waals surface area contributed by atoms with Gasteiger partial charge in [0, 0.05) is 37.2 Å². The molecule has 0 aromatic heterocycles. The molecule has 1 aromatic rings. The minimum atomic E-state index is 0.448. The topological polar surface area (TPSA) is 6.48 Å². The second-order valence-electron chi connectivity index (χ2n) is 4.61. The zero-order valence-electron chi connectivity index (χ0n) is 10.3. The van der Waals surface area contributed by atoms with E-state index in [1.807, 2.05) is 18.2 Å². The van der Waals surface area contributed by atoms with Crippen molar-refractivity contribution in [3.8, 4) is 0 Å². The van der Waals surface area contributed by atoms with Crippen molar-refractivity contribution in [3.05, 3.63) is 47.5 Å². The van der Waals surface area contributed by atoms with Gasteiger partial charge < -0.3 is 4.90 Å². The zero-order valence-corrected chi connectivity index (χ0v) is 11.0. The maximum Gasteiger partial charge on any atom is 0.0478 e. The quantitative estimate of drug-likeness (QED) is 0.762. The molecular weight excluding hydrogens is 232 g/mol. The molecule has 17 heavy (non-hydrogen) atoms. The summed E-state index contributed by atoms with van der Waals surface area (Å²) in [6, 6.07) is 8.64. The number of piperazine rings is 1. The molecule has 0 saturated carbocycles. The molecule has 1 aromatic carbocycles. The van der Waals surface area contributed by atoms with Crippen LogP contribution in [0.3, 0.4) is 0 Å². The molecule has 0 radical (unpaired) electrons. The van der Waals surface area contributed by atoms with Crippen LogP contribution in [0.25, 0.3) is 0 Å². The predicted molar refractivity (Wildman–Crippen MR) is 73.5 cm³/mol. The molecule has 1 aliphatic heterocycles. The number of likely N-dealkylation sites (N-methyl/N-ethyl adjacent to an activating group) is 1. The molecule has 1 saturated heterocycles. The fourth-order valence-corrected chi connectivity index (χ4v) is 2.47. The summed E-state index contributed by atoms with van der Waals surface area (Å²) in [5.41, 5.74) is 1.34. The third-order valence-corrected chi connectivity index (χ3v) is 3.56. The van der Waals surface area contributed by atoms with Crippen molar-refractivity contribution in [1.29, 1.82) is 0 Å². The van der Waals surface area contributed by atoms with Gasteiger partial charge in [-0.05, 0) is 24.7 Å². The van der Waals surface area contributed by atoms with Crippen LogP contribution in [0, 0.1) is 0 Å². The molecule has 2 rings (SSSR count). The van der Waals surface area contributed by atoms with Gasteiger partial charge in [0.2, 0.25) is 0 Å². The van der Waals surface area contributed by atoms with Gasteiger partial charge in [-0.15, -0.1) is 6.58 Å². The molecule has 2 nitrogen and oxygen atoms in total. The molecule has 1 heterocycles. The van der Waals surface area contributed by atoms with Crippen LogP contribution < -0.4 is 0 Å². The number of nitrogens with zero attached hydrogens (tertiary/aromatic N) is 2. The Morgan fingerprint density at radius 1 is 1.35 bits per heavy atom. The predicted octanol–water partition coefficient (Wildman–Crippen LogP) is 2.81. The molecular formula is C14H19ClN2. The second kappa shape index (κ2) is 5.67. The minimum Gasteiger partial charge on any atom is -0.303 e. The van der Waals surface area contributed by atoms with Gasteiger partial charge in [0.25, 0.3) is 0 Å². The van der Waals surface area contributed by atoms with Crippen molar-refractivity contribution in [3.63, 3.8) is 0 Å². The molecule has 0 spiro atoms. The van der Waals surface area contributed by atoms with Gasteiger partial charge in [0.1, 0.15) is 0 Å². The van der Waals surface area contributed by atoms with Crippen molar-refractivity contribution >= 4 is 11.6 Å². The highest BCUT2D eigenvalue weighted by Gasteiger charge is 2.25. The van der Waals surface area contributed by atoms with Gasteiger partial charge in [0.05, 0.1) is 0 Å². The van der Waals surface area contributed by atoms with Crippen LogP contribution in [-0.4, -0.2) is 43.0 Å². The van der Waals surface area contributed by atoms with Crippen LogP contribution in [0.4, 0.5) is 0 Å². The van der Waals surface area contributed by atoms with E-state index in [2.05, 4.69) is 35.6 Å². The molecule has 0 aliphatic carbocycles. The summed E-state index contributed by atoms with van der Waals surface area (Å²) < 4.78 is 0. The van der Waals surface area contributed by atoms with Gasteiger partial charge in [-0.1, -0.05) is 29.8 Å². The van der Waals surface area contributed by atoms with Crippen molar-refractivity contribution in [2.75, 3.05) is 33.2 Å². The van der Waals surface area contributed by atoms with E-state index in [4.69, 9.17) is 11.6 Å². The molecule has 0 unspecified atom stereocenters. The number of hydrogen-bond acceptors (Lipinski definition) is 2. The molecule has 0 amide bonds. The van der Waals surface area contributed by atoms with Gasteiger partial charge in [-0.3, -0.25) is 4.90 Å². The molecule has 1 aliphatic rings. The summed E-state index contributed by atoms with van der Waals surface area (Å²) in [7, 11) is 2.17. The Bertz CT molecular complexity index is 374. The maximum absolute atomic E-state index is 5.94. The van der Waals surface area contributed by atoms with Crippen molar-refractivity contribution < 1.29 is 0 Å². The summed E-state index contributed by atoms with van der Waals surface area (Å²) >= 11 is 5.94. The highest BCUT2D eigenvalue weighted by Crippen LogP contribution is 2.25. The summed E-state index contributed by atoms with van der Waals surface area (Å²) in [6.07, 6.45) is 1.98. The Morgan fingerprint density at radius 3 is 2.71 bits per heavy atom. The molecule has 3 heteroatoms. The third-order valence-electron chi connectivity index (χ3n) is 3.31. The van der Waals surface area contributed by atoms with Crippen LogP contribution in [0.1, 0.15) is 11.6 Å². The third kappa shape index (κ3) is 3.09. The zero-order chi connectivity index (χ0) is 12.3. The van der Waals surface area contributed by atoms with Crippen molar-refractivity contribution in [2.24, 2.45) is 0 Å². The van der Waals surface area contributed by atoms with Crippen molar-refractivity contribution in [2.45, 2.75) is 6.04 Å². The van der Waals surface area contributed by atoms with Crippen LogP contribution in [0.2, 0.25) is 5.02 Å². The lowest BCUT2D eigenvalue weighted by Gasteiger charge is -2.39. The Kier molecular flexibility index (Phi) is 4.21. The van der Waals surface area contributed by atoms with Gasteiger partial charge in [0.15, 0.2) is 0 Å². The highest BCUT2D eigenvalue weighted by molar-refractivity contribution is 6.30. The van der Waals surface area contributed by atoms with Crippen molar-refractivity contribution in [1.82, 2.24) is 9.80 Å². The normalized spacial score (nSPS) is 22.6. The SMILES string of the molecule is C=CCN1CCN(C)C[C@H]1c1ccc(Cl)cc1. The lowest BCUT2D eigenvalue weighted by atomic mass is 10.0. The Hall–Kier alpha value is -0.830. The maximum atomic E-state index is 5.94. The lowest BCUT2D eigenvalue weighted by molar-refractivity contribution is 0.101. The van der Waals surface area contributed by atoms with E-state index in [9.17, 15) is 0 Å². The molecule has 0 bridgehead atoms. The minimum absolute atomic E-state index is 0.448. The Morgan fingerprint density at radius 2 is 2.06 bits per heavy atom. The monoisotopic (exact) mass is 250 g/mol. The first kappa shape index (κ1) is 12.6. The Balaban J connectivity index is 2.19. The number of halogens is 1. The van der Waals surface area contributed by atoms with Gasteiger partial charge in [-0.2, -0.15) is 0 Å².